The van der Waals surface area contributed by atoms with E-state index in [1.54, 1.807) is 19.2 Å². The van der Waals surface area contributed by atoms with Crippen molar-refractivity contribution >= 4 is 17.0 Å². The molecule has 3 aromatic rings. The van der Waals surface area contributed by atoms with Crippen LogP contribution in [0.15, 0.2) is 22.9 Å². The number of rotatable bonds is 4. The standard InChI is InChI=1S/C16H19N5O2/c1-5-21-13(6-7-17-21)10(3)19-15(22)12-8-9(2)18-16-14(12)11(4)20-23-16/h6-8,10H,5H2,1-4H3,(H,19,22)/t10-/m0/s1. The lowest BCUT2D eigenvalue weighted by Crippen LogP contribution is -2.28. The Hall–Kier alpha value is -2.70. The Morgan fingerprint density at radius 1 is 1.43 bits per heavy atom. The molecule has 0 aliphatic carbocycles. The van der Waals surface area contributed by atoms with Crippen LogP contribution >= 0.6 is 0 Å². The van der Waals surface area contributed by atoms with E-state index >= 15 is 0 Å². The largest absolute Gasteiger partial charge is 0.344 e. The van der Waals surface area contributed by atoms with Crippen LogP contribution in [0.1, 0.15) is 47.3 Å². The number of carbonyl (C=O) groups excluding carboxylic acids is 1. The first-order valence-electron chi connectivity index (χ1n) is 7.57. The van der Waals surface area contributed by atoms with Gasteiger partial charge in [-0.1, -0.05) is 5.16 Å². The fourth-order valence-corrected chi connectivity index (χ4v) is 2.72. The Morgan fingerprint density at radius 2 is 2.22 bits per heavy atom. The minimum absolute atomic E-state index is 0.159. The van der Waals surface area contributed by atoms with Gasteiger partial charge in [-0.25, -0.2) is 4.98 Å². The van der Waals surface area contributed by atoms with Crippen molar-refractivity contribution < 1.29 is 9.32 Å². The molecule has 7 nitrogen and oxygen atoms in total. The highest BCUT2D eigenvalue weighted by atomic mass is 16.5. The number of amides is 1. The SMILES string of the molecule is CCn1nccc1[C@H](C)NC(=O)c1cc(C)nc2onc(C)c12. The van der Waals surface area contributed by atoms with Gasteiger partial charge in [-0.05, 0) is 39.8 Å². The average molecular weight is 313 g/mol. The third kappa shape index (κ3) is 2.69. The second kappa shape index (κ2) is 5.83. The van der Waals surface area contributed by atoms with Crippen LogP contribution in [0.3, 0.4) is 0 Å². The first-order chi connectivity index (χ1) is 11.0. The molecule has 1 atom stereocenters. The molecule has 1 N–H and O–H groups in total. The van der Waals surface area contributed by atoms with E-state index in [9.17, 15) is 4.79 Å². The molecule has 0 aliphatic rings. The maximum atomic E-state index is 12.7. The van der Waals surface area contributed by atoms with Gasteiger partial charge in [0.15, 0.2) is 0 Å². The molecule has 0 aliphatic heterocycles. The number of nitrogens with one attached hydrogen (secondary N) is 1. The van der Waals surface area contributed by atoms with Crippen LogP contribution in [0.25, 0.3) is 11.1 Å². The topological polar surface area (TPSA) is 85.8 Å². The smallest absolute Gasteiger partial charge is 0.258 e. The van der Waals surface area contributed by atoms with Gasteiger partial charge in [-0.3, -0.25) is 9.48 Å². The summed E-state index contributed by atoms with van der Waals surface area (Å²) < 4.78 is 7.04. The zero-order valence-electron chi connectivity index (χ0n) is 13.6. The van der Waals surface area contributed by atoms with Crippen molar-refractivity contribution in [1.82, 2.24) is 25.2 Å². The number of carbonyl (C=O) groups is 1. The Bertz CT molecular complexity index is 865. The van der Waals surface area contributed by atoms with Crippen LogP contribution in [0, 0.1) is 13.8 Å². The molecule has 0 spiro atoms. The van der Waals surface area contributed by atoms with Gasteiger partial charge in [0.05, 0.1) is 28.4 Å². The van der Waals surface area contributed by atoms with Crippen molar-refractivity contribution in [2.24, 2.45) is 0 Å². The Morgan fingerprint density at radius 3 is 2.96 bits per heavy atom. The fourth-order valence-electron chi connectivity index (χ4n) is 2.72. The lowest BCUT2D eigenvalue weighted by molar-refractivity contribution is 0.0939. The number of fused-ring (bicyclic) bond motifs is 1. The number of hydrogen-bond donors (Lipinski definition) is 1. The van der Waals surface area contributed by atoms with Crippen molar-refractivity contribution in [3.63, 3.8) is 0 Å². The van der Waals surface area contributed by atoms with E-state index in [4.69, 9.17) is 4.52 Å². The molecule has 0 aromatic carbocycles. The number of pyridine rings is 1. The maximum Gasteiger partial charge on any atom is 0.258 e. The summed E-state index contributed by atoms with van der Waals surface area (Å²) in [6, 6.07) is 3.51. The van der Waals surface area contributed by atoms with E-state index < -0.39 is 0 Å². The first kappa shape index (κ1) is 15.2. The molecule has 3 aromatic heterocycles. The van der Waals surface area contributed by atoms with E-state index in [0.29, 0.717) is 28.1 Å². The summed E-state index contributed by atoms with van der Waals surface area (Å²) in [4.78, 5) is 17.0. The zero-order chi connectivity index (χ0) is 16.6. The highest BCUT2D eigenvalue weighted by Gasteiger charge is 2.20. The van der Waals surface area contributed by atoms with Crippen molar-refractivity contribution in [2.45, 2.75) is 40.3 Å². The monoisotopic (exact) mass is 313 g/mol. The van der Waals surface area contributed by atoms with Crippen molar-refractivity contribution in [3.05, 3.63) is 41.0 Å². The molecule has 0 unspecified atom stereocenters. The van der Waals surface area contributed by atoms with E-state index in [2.05, 4.69) is 20.6 Å². The Kier molecular flexibility index (Phi) is 3.85. The summed E-state index contributed by atoms with van der Waals surface area (Å²) in [6.45, 7) is 8.33. The molecule has 120 valence electrons. The summed E-state index contributed by atoms with van der Waals surface area (Å²) in [6.07, 6.45) is 1.74. The van der Waals surface area contributed by atoms with Crippen LogP contribution in [0.4, 0.5) is 0 Å². The van der Waals surface area contributed by atoms with Crippen LogP contribution < -0.4 is 5.32 Å². The lowest BCUT2D eigenvalue weighted by atomic mass is 10.1. The molecule has 0 saturated carbocycles. The Balaban J connectivity index is 1.93. The van der Waals surface area contributed by atoms with Crippen LogP contribution in [0.5, 0.6) is 0 Å². The molecule has 3 heterocycles. The summed E-state index contributed by atoms with van der Waals surface area (Å²) in [5.74, 6) is -0.178. The van der Waals surface area contributed by atoms with Crippen molar-refractivity contribution in [2.75, 3.05) is 0 Å². The van der Waals surface area contributed by atoms with E-state index in [0.717, 1.165) is 12.2 Å². The summed E-state index contributed by atoms with van der Waals surface area (Å²) in [5, 5.41) is 11.8. The highest BCUT2D eigenvalue weighted by Crippen LogP contribution is 2.22. The molecule has 0 saturated heterocycles. The maximum absolute atomic E-state index is 12.7. The van der Waals surface area contributed by atoms with Crippen LogP contribution in [-0.2, 0) is 6.54 Å². The first-order valence-corrected chi connectivity index (χ1v) is 7.57. The van der Waals surface area contributed by atoms with E-state index in [1.165, 1.54) is 0 Å². The quantitative estimate of drug-likeness (QED) is 0.800. The minimum Gasteiger partial charge on any atom is -0.344 e. The summed E-state index contributed by atoms with van der Waals surface area (Å²) >= 11 is 0. The second-order valence-corrected chi connectivity index (χ2v) is 5.53. The second-order valence-electron chi connectivity index (χ2n) is 5.53. The van der Waals surface area contributed by atoms with Crippen LogP contribution in [-0.4, -0.2) is 25.8 Å². The third-order valence-corrected chi connectivity index (χ3v) is 3.83. The fraction of sp³-hybridized carbons (Fsp3) is 0.375. The Labute approximate surface area is 133 Å². The average Bonchev–Trinajstić information content (AvgIpc) is 3.13. The van der Waals surface area contributed by atoms with E-state index in [1.807, 2.05) is 31.5 Å². The van der Waals surface area contributed by atoms with Crippen molar-refractivity contribution in [1.29, 1.82) is 0 Å². The van der Waals surface area contributed by atoms with Crippen molar-refractivity contribution in [3.8, 4) is 0 Å². The molecule has 23 heavy (non-hydrogen) atoms. The number of aromatic nitrogens is 4. The van der Waals surface area contributed by atoms with Gasteiger partial charge in [-0.2, -0.15) is 5.10 Å². The molecule has 0 radical (unpaired) electrons. The highest BCUT2D eigenvalue weighted by molar-refractivity contribution is 6.06. The van der Waals surface area contributed by atoms with Gasteiger partial charge in [0.1, 0.15) is 0 Å². The number of hydrogen-bond acceptors (Lipinski definition) is 5. The van der Waals surface area contributed by atoms with Gasteiger partial charge < -0.3 is 9.84 Å². The van der Waals surface area contributed by atoms with Gasteiger partial charge in [0, 0.05) is 18.4 Å². The third-order valence-electron chi connectivity index (χ3n) is 3.83. The molecule has 0 bridgehead atoms. The van der Waals surface area contributed by atoms with Gasteiger partial charge in [0.25, 0.3) is 11.6 Å². The molecule has 7 heteroatoms. The number of aryl methyl sites for hydroxylation is 3. The lowest BCUT2D eigenvalue weighted by Gasteiger charge is -2.15. The normalized spacial score (nSPS) is 12.5. The molecular weight excluding hydrogens is 294 g/mol. The molecule has 3 rings (SSSR count). The van der Waals surface area contributed by atoms with Gasteiger partial charge in [-0.15, -0.1) is 0 Å². The van der Waals surface area contributed by atoms with E-state index in [-0.39, 0.29) is 11.9 Å². The summed E-state index contributed by atoms with van der Waals surface area (Å²) in [5.41, 5.74) is 3.25. The van der Waals surface area contributed by atoms with Crippen LogP contribution in [0.2, 0.25) is 0 Å². The predicted molar refractivity (Wildman–Crippen MR) is 85.1 cm³/mol. The number of nitrogens with zero attached hydrogens (tertiary/aromatic N) is 4. The minimum atomic E-state index is -0.178. The molecular formula is C16H19N5O2. The predicted octanol–water partition coefficient (Wildman–Crippen LogP) is 2.55. The molecule has 1 amide bonds. The van der Waals surface area contributed by atoms with Gasteiger partial charge >= 0.3 is 0 Å². The summed E-state index contributed by atoms with van der Waals surface area (Å²) in [7, 11) is 0. The molecule has 0 fully saturated rings. The zero-order valence-corrected chi connectivity index (χ0v) is 13.6. The van der Waals surface area contributed by atoms with Gasteiger partial charge in [0.2, 0.25) is 0 Å².